The van der Waals surface area contributed by atoms with Gasteiger partial charge in [0.1, 0.15) is 6.61 Å². The van der Waals surface area contributed by atoms with Crippen molar-refractivity contribution in [3.63, 3.8) is 0 Å². The van der Waals surface area contributed by atoms with E-state index in [1.807, 2.05) is 6.92 Å². The number of hydrogen-bond acceptors (Lipinski definition) is 3. The van der Waals surface area contributed by atoms with Crippen molar-refractivity contribution in [3.8, 4) is 5.75 Å². The Morgan fingerprint density at radius 1 is 1.28 bits per heavy atom. The van der Waals surface area contributed by atoms with E-state index in [9.17, 15) is 8.78 Å². The molecule has 0 saturated heterocycles. The van der Waals surface area contributed by atoms with Crippen LogP contribution in [0.4, 0.5) is 8.78 Å². The summed E-state index contributed by atoms with van der Waals surface area (Å²) in [6.45, 7) is 4.97. The van der Waals surface area contributed by atoms with Crippen LogP contribution in [0.2, 0.25) is 0 Å². The maximum atomic E-state index is 13.7. The molecule has 1 aromatic carbocycles. The number of methoxy groups -OCH3 is 1. The first kappa shape index (κ1) is 14.9. The van der Waals surface area contributed by atoms with Crippen molar-refractivity contribution in [2.24, 2.45) is 0 Å². The third-order valence-corrected chi connectivity index (χ3v) is 2.50. The lowest BCUT2D eigenvalue weighted by atomic mass is 10.2. The zero-order valence-corrected chi connectivity index (χ0v) is 10.9. The SMILES string of the molecule is CCNCc1cc(F)c(OCC(C)OC)c(F)c1. The standard InChI is InChI=1S/C13H19F2NO2/c1-4-16-7-10-5-11(14)13(12(15)6-10)18-8-9(2)17-3/h5-6,9,16H,4,7-8H2,1-3H3. The summed E-state index contributed by atoms with van der Waals surface area (Å²) in [5, 5.41) is 3.00. The molecule has 102 valence electrons. The third kappa shape index (κ3) is 4.23. The molecule has 0 aromatic heterocycles. The predicted octanol–water partition coefficient (Wildman–Crippen LogP) is 2.49. The average Bonchev–Trinajstić information content (AvgIpc) is 2.34. The lowest BCUT2D eigenvalue weighted by molar-refractivity contribution is 0.0685. The second-order valence-corrected chi connectivity index (χ2v) is 4.03. The quantitative estimate of drug-likeness (QED) is 0.816. The van der Waals surface area contributed by atoms with Gasteiger partial charge in [0.2, 0.25) is 0 Å². The highest BCUT2D eigenvalue weighted by Gasteiger charge is 2.13. The van der Waals surface area contributed by atoms with Gasteiger partial charge >= 0.3 is 0 Å². The molecule has 1 rings (SSSR count). The number of ether oxygens (including phenoxy) is 2. The molecule has 5 heteroatoms. The third-order valence-electron chi connectivity index (χ3n) is 2.50. The van der Waals surface area contributed by atoms with Crippen molar-refractivity contribution < 1.29 is 18.3 Å². The highest BCUT2D eigenvalue weighted by atomic mass is 19.1. The topological polar surface area (TPSA) is 30.5 Å². The number of rotatable bonds is 7. The van der Waals surface area contributed by atoms with Gasteiger partial charge in [0.15, 0.2) is 17.4 Å². The molecule has 1 atom stereocenters. The summed E-state index contributed by atoms with van der Waals surface area (Å²) in [5.74, 6) is -1.73. The maximum absolute atomic E-state index is 13.7. The Morgan fingerprint density at radius 3 is 2.39 bits per heavy atom. The fraction of sp³-hybridized carbons (Fsp3) is 0.538. The van der Waals surface area contributed by atoms with Gasteiger partial charge in [0, 0.05) is 13.7 Å². The molecule has 1 unspecified atom stereocenters. The van der Waals surface area contributed by atoms with Crippen LogP contribution in [0.5, 0.6) is 5.75 Å². The number of hydrogen-bond donors (Lipinski definition) is 1. The fourth-order valence-electron chi connectivity index (χ4n) is 1.39. The minimum absolute atomic E-state index is 0.108. The predicted molar refractivity (Wildman–Crippen MR) is 65.7 cm³/mol. The van der Waals surface area contributed by atoms with Crippen LogP contribution in [0.25, 0.3) is 0 Å². The van der Waals surface area contributed by atoms with Crippen LogP contribution in [0.15, 0.2) is 12.1 Å². The highest BCUT2D eigenvalue weighted by Crippen LogP contribution is 2.23. The first-order valence-electron chi connectivity index (χ1n) is 5.92. The monoisotopic (exact) mass is 259 g/mol. The molecule has 0 bridgehead atoms. The summed E-state index contributed by atoms with van der Waals surface area (Å²) >= 11 is 0. The zero-order chi connectivity index (χ0) is 13.5. The second kappa shape index (κ2) is 7.28. The summed E-state index contributed by atoms with van der Waals surface area (Å²) < 4.78 is 37.4. The van der Waals surface area contributed by atoms with Gasteiger partial charge in [0.25, 0.3) is 0 Å². The van der Waals surface area contributed by atoms with Crippen molar-refractivity contribution >= 4 is 0 Å². The molecule has 0 fully saturated rings. The normalized spacial score (nSPS) is 12.5. The molecule has 0 spiro atoms. The van der Waals surface area contributed by atoms with Gasteiger partial charge in [-0.3, -0.25) is 0 Å². The van der Waals surface area contributed by atoms with E-state index in [4.69, 9.17) is 9.47 Å². The Bertz CT molecular complexity index is 362. The summed E-state index contributed by atoms with van der Waals surface area (Å²) in [6, 6.07) is 2.55. The molecule has 18 heavy (non-hydrogen) atoms. The number of halogens is 2. The molecule has 0 saturated carbocycles. The van der Waals surface area contributed by atoms with E-state index in [1.165, 1.54) is 19.2 Å². The van der Waals surface area contributed by atoms with Crippen LogP contribution >= 0.6 is 0 Å². The number of nitrogens with one attached hydrogen (secondary N) is 1. The minimum Gasteiger partial charge on any atom is -0.485 e. The van der Waals surface area contributed by atoms with Gasteiger partial charge < -0.3 is 14.8 Å². The zero-order valence-electron chi connectivity index (χ0n) is 10.9. The maximum Gasteiger partial charge on any atom is 0.190 e. The summed E-state index contributed by atoms with van der Waals surface area (Å²) in [7, 11) is 1.51. The number of benzene rings is 1. The molecule has 0 amide bonds. The first-order valence-corrected chi connectivity index (χ1v) is 5.92. The molecule has 1 aromatic rings. The molecule has 3 nitrogen and oxygen atoms in total. The van der Waals surface area contributed by atoms with Crippen molar-refractivity contribution in [3.05, 3.63) is 29.3 Å². The van der Waals surface area contributed by atoms with Gasteiger partial charge in [0.05, 0.1) is 6.10 Å². The molecule has 1 N–H and O–H groups in total. The van der Waals surface area contributed by atoms with E-state index < -0.39 is 11.6 Å². The lowest BCUT2D eigenvalue weighted by Crippen LogP contribution is -2.17. The molecule has 0 heterocycles. The Hall–Kier alpha value is -1.20. The van der Waals surface area contributed by atoms with Crippen LogP contribution < -0.4 is 10.1 Å². The average molecular weight is 259 g/mol. The van der Waals surface area contributed by atoms with Crippen LogP contribution in [-0.4, -0.2) is 26.4 Å². The summed E-state index contributed by atoms with van der Waals surface area (Å²) in [5.41, 5.74) is 0.555. The highest BCUT2D eigenvalue weighted by molar-refractivity contribution is 5.31. The van der Waals surface area contributed by atoms with Gasteiger partial charge in [-0.15, -0.1) is 0 Å². The molecular weight excluding hydrogens is 240 g/mol. The molecule has 0 radical (unpaired) electrons. The molecular formula is C13H19F2NO2. The largest absolute Gasteiger partial charge is 0.485 e. The Labute approximate surface area is 106 Å². The fourth-order valence-corrected chi connectivity index (χ4v) is 1.39. The lowest BCUT2D eigenvalue weighted by Gasteiger charge is -2.13. The molecule has 0 aliphatic carbocycles. The minimum atomic E-state index is -0.689. The van der Waals surface area contributed by atoms with Crippen molar-refractivity contribution in [2.45, 2.75) is 26.5 Å². The molecule has 0 aliphatic rings. The smallest absolute Gasteiger partial charge is 0.190 e. The molecule has 0 aliphatic heterocycles. The van der Waals surface area contributed by atoms with E-state index in [2.05, 4.69) is 5.32 Å². The van der Waals surface area contributed by atoms with E-state index in [0.717, 1.165) is 6.54 Å². The van der Waals surface area contributed by atoms with Gasteiger partial charge in [-0.2, -0.15) is 0 Å². The van der Waals surface area contributed by atoms with Gasteiger partial charge in [-0.1, -0.05) is 6.92 Å². The van der Waals surface area contributed by atoms with Crippen molar-refractivity contribution in [1.29, 1.82) is 0 Å². The Kier molecular flexibility index (Phi) is 6.01. The van der Waals surface area contributed by atoms with Crippen LogP contribution in [0.1, 0.15) is 19.4 Å². The van der Waals surface area contributed by atoms with Crippen LogP contribution in [-0.2, 0) is 11.3 Å². The van der Waals surface area contributed by atoms with Gasteiger partial charge in [-0.25, -0.2) is 8.78 Å². The second-order valence-electron chi connectivity index (χ2n) is 4.03. The summed E-state index contributed by atoms with van der Waals surface area (Å²) in [4.78, 5) is 0. The van der Waals surface area contributed by atoms with Crippen LogP contribution in [0.3, 0.4) is 0 Å². The summed E-state index contributed by atoms with van der Waals surface area (Å²) in [6.07, 6.45) is -0.217. The van der Waals surface area contributed by atoms with Crippen LogP contribution in [0, 0.1) is 11.6 Å². The van der Waals surface area contributed by atoms with E-state index in [1.54, 1.807) is 6.92 Å². The first-order chi connectivity index (χ1) is 8.58. The Morgan fingerprint density at radius 2 is 1.89 bits per heavy atom. The van der Waals surface area contributed by atoms with E-state index >= 15 is 0 Å². The van der Waals surface area contributed by atoms with E-state index in [0.29, 0.717) is 12.1 Å². The van der Waals surface area contributed by atoms with Gasteiger partial charge in [-0.05, 0) is 31.2 Å². The van der Waals surface area contributed by atoms with Crippen molar-refractivity contribution in [1.82, 2.24) is 5.32 Å². The van der Waals surface area contributed by atoms with Crippen molar-refractivity contribution in [2.75, 3.05) is 20.3 Å². The van der Waals surface area contributed by atoms with E-state index in [-0.39, 0.29) is 18.5 Å². The Balaban J connectivity index is 2.74.